The summed E-state index contributed by atoms with van der Waals surface area (Å²) in [5.41, 5.74) is -0.434. The number of hydrogen-bond donors (Lipinski definition) is 1. The number of nitrogens with zero attached hydrogens (tertiary/aromatic N) is 1. The molecule has 2 unspecified atom stereocenters. The first-order valence-corrected chi connectivity index (χ1v) is 7.96. The molecule has 1 N–H and O–H groups in total. The summed E-state index contributed by atoms with van der Waals surface area (Å²) in [4.78, 5) is 14.4. The van der Waals surface area contributed by atoms with Gasteiger partial charge in [-0.05, 0) is 65.5 Å². The molecule has 0 spiro atoms. The molecule has 0 saturated carbocycles. The maximum absolute atomic E-state index is 12.5. The highest BCUT2D eigenvalue weighted by molar-refractivity contribution is 5.68. The van der Waals surface area contributed by atoms with Crippen LogP contribution in [-0.4, -0.2) is 42.3 Å². The molecule has 1 amide bonds. The minimum atomic E-state index is -0.434. The molecule has 20 heavy (non-hydrogen) atoms. The molecule has 0 aromatic carbocycles. The van der Waals surface area contributed by atoms with E-state index < -0.39 is 5.60 Å². The molecule has 4 heteroatoms. The van der Waals surface area contributed by atoms with Crippen molar-refractivity contribution in [3.63, 3.8) is 0 Å². The summed E-state index contributed by atoms with van der Waals surface area (Å²) in [6, 6.07) is 0.252. The molecule has 1 rings (SSSR count). The van der Waals surface area contributed by atoms with Crippen LogP contribution in [0.4, 0.5) is 4.79 Å². The van der Waals surface area contributed by atoms with Crippen LogP contribution in [0.2, 0.25) is 0 Å². The second-order valence-electron chi connectivity index (χ2n) is 7.11. The lowest BCUT2D eigenvalue weighted by Gasteiger charge is -2.41. The molecule has 1 saturated heterocycles. The van der Waals surface area contributed by atoms with Gasteiger partial charge in [0.05, 0.1) is 0 Å². The van der Waals surface area contributed by atoms with E-state index in [2.05, 4.69) is 19.2 Å². The molecule has 1 fully saturated rings. The topological polar surface area (TPSA) is 41.6 Å². The van der Waals surface area contributed by atoms with Gasteiger partial charge in [0, 0.05) is 12.6 Å². The van der Waals surface area contributed by atoms with Crippen molar-refractivity contribution in [3.8, 4) is 0 Å². The number of nitrogens with one attached hydrogen (secondary N) is 1. The van der Waals surface area contributed by atoms with Crippen LogP contribution < -0.4 is 5.32 Å². The van der Waals surface area contributed by atoms with E-state index in [1.807, 2.05) is 32.6 Å². The third-order valence-electron chi connectivity index (χ3n) is 3.83. The van der Waals surface area contributed by atoms with Gasteiger partial charge < -0.3 is 15.0 Å². The van der Waals surface area contributed by atoms with Crippen LogP contribution in [0.3, 0.4) is 0 Å². The number of ether oxygens (including phenoxy) is 1. The fraction of sp³-hybridized carbons (Fsp3) is 0.938. The van der Waals surface area contributed by atoms with Crippen molar-refractivity contribution in [2.45, 2.75) is 66.0 Å². The second kappa shape index (κ2) is 7.30. The highest BCUT2D eigenvalue weighted by Crippen LogP contribution is 2.26. The molecular weight excluding hydrogens is 252 g/mol. The average molecular weight is 284 g/mol. The highest BCUT2D eigenvalue weighted by atomic mass is 16.6. The van der Waals surface area contributed by atoms with Gasteiger partial charge in [0.1, 0.15) is 5.60 Å². The quantitative estimate of drug-likeness (QED) is 0.861. The Balaban J connectivity index is 2.82. The van der Waals surface area contributed by atoms with Crippen LogP contribution in [0.25, 0.3) is 0 Å². The van der Waals surface area contributed by atoms with Crippen LogP contribution in [-0.2, 0) is 4.74 Å². The normalized spacial score (nSPS) is 21.6. The largest absolute Gasteiger partial charge is 0.444 e. The first-order chi connectivity index (χ1) is 9.26. The average Bonchev–Trinajstić information content (AvgIpc) is 2.33. The van der Waals surface area contributed by atoms with Crippen molar-refractivity contribution in [2.75, 3.05) is 19.6 Å². The van der Waals surface area contributed by atoms with E-state index in [-0.39, 0.29) is 12.1 Å². The van der Waals surface area contributed by atoms with Crippen molar-refractivity contribution in [1.82, 2.24) is 10.2 Å². The zero-order valence-electron chi connectivity index (χ0n) is 14.0. The molecule has 4 nitrogen and oxygen atoms in total. The Bertz CT molecular complexity index is 304. The summed E-state index contributed by atoms with van der Waals surface area (Å²) in [5.74, 6) is 0.962. The van der Waals surface area contributed by atoms with Gasteiger partial charge in [-0.3, -0.25) is 0 Å². The van der Waals surface area contributed by atoms with Crippen LogP contribution in [0.5, 0.6) is 0 Å². The summed E-state index contributed by atoms with van der Waals surface area (Å²) < 4.78 is 5.58. The Morgan fingerprint density at radius 2 is 2.05 bits per heavy atom. The van der Waals surface area contributed by atoms with E-state index in [1.165, 1.54) is 12.8 Å². The Morgan fingerprint density at radius 1 is 1.40 bits per heavy atom. The van der Waals surface area contributed by atoms with Crippen LogP contribution in [0.15, 0.2) is 0 Å². The van der Waals surface area contributed by atoms with Crippen molar-refractivity contribution in [1.29, 1.82) is 0 Å². The van der Waals surface area contributed by atoms with Crippen LogP contribution in [0.1, 0.15) is 54.4 Å². The summed E-state index contributed by atoms with van der Waals surface area (Å²) in [5, 5.41) is 3.46. The van der Waals surface area contributed by atoms with Crippen LogP contribution in [0, 0.1) is 11.8 Å². The monoisotopic (exact) mass is 284 g/mol. The molecule has 0 aliphatic carbocycles. The number of piperidine rings is 1. The van der Waals surface area contributed by atoms with Crippen molar-refractivity contribution < 1.29 is 9.53 Å². The minimum Gasteiger partial charge on any atom is -0.444 e. The molecule has 2 atom stereocenters. The van der Waals surface area contributed by atoms with E-state index in [9.17, 15) is 4.79 Å². The SMILES string of the molecule is CCN(C(=O)OC(C)(C)C)C(C(C)C)C1CCCNC1. The summed E-state index contributed by atoms with van der Waals surface area (Å²) in [6.45, 7) is 15.0. The number of rotatable bonds is 4. The Labute approximate surface area is 124 Å². The Morgan fingerprint density at radius 3 is 2.45 bits per heavy atom. The van der Waals surface area contributed by atoms with E-state index in [0.717, 1.165) is 13.1 Å². The van der Waals surface area contributed by atoms with Gasteiger partial charge in [-0.2, -0.15) is 0 Å². The summed E-state index contributed by atoms with van der Waals surface area (Å²) in [6.07, 6.45) is 2.21. The summed E-state index contributed by atoms with van der Waals surface area (Å²) in [7, 11) is 0. The fourth-order valence-electron chi connectivity index (χ4n) is 3.11. The van der Waals surface area contributed by atoms with Gasteiger partial charge in [-0.25, -0.2) is 4.79 Å². The zero-order chi connectivity index (χ0) is 15.3. The van der Waals surface area contributed by atoms with Gasteiger partial charge >= 0.3 is 6.09 Å². The van der Waals surface area contributed by atoms with E-state index >= 15 is 0 Å². The van der Waals surface area contributed by atoms with Crippen molar-refractivity contribution in [3.05, 3.63) is 0 Å². The molecule has 0 aromatic rings. The Kier molecular flexibility index (Phi) is 6.31. The minimum absolute atomic E-state index is 0.177. The molecular formula is C16H32N2O2. The second-order valence-corrected chi connectivity index (χ2v) is 7.11. The van der Waals surface area contributed by atoms with Gasteiger partial charge in [0.25, 0.3) is 0 Å². The number of carbonyl (C=O) groups is 1. The number of carbonyl (C=O) groups excluding carboxylic acids is 1. The van der Waals surface area contributed by atoms with Crippen LogP contribution >= 0.6 is 0 Å². The fourth-order valence-corrected chi connectivity index (χ4v) is 3.11. The number of amides is 1. The highest BCUT2D eigenvalue weighted by Gasteiger charge is 2.35. The van der Waals surface area contributed by atoms with Gasteiger partial charge in [0.2, 0.25) is 0 Å². The maximum Gasteiger partial charge on any atom is 0.410 e. The number of hydrogen-bond acceptors (Lipinski definition) is 3. The molecule has 0 bridgehead atoms. The first-order valence-electron chi connectivity index (χ1n) is 7.96. The van der Waals surface area contributed by atoms with Gasteiger partial charge in [0.15, 0.2) is 0 Å². The molecule has 0 aromatic heterocycles. The molecule has 0 radical (unpaired) electrons. The smallest absolute Gasteiger partial charge is 0.410 e. The maximum atomic E-state index is 12.5. The summed E-state index contributed by atoms with van der Waals surface area (Å²) >= 11 is 0. The lowest BCUT2D eigenvalue weighted by atomic mass is 9.84. The lowest BCUT2D eigenvalue weighted by Crippen LogP contribution is -2.52. The third-order valence-corrected chi connectivity index (χ3v) is 3.83. The van der Waals surface area contributed by atoms with Gasteiger partial charge in [-0.1, -0.05) is 13.8 Å². The Hall–Kier alpha value is -0.770. The lowest BCUT2D eigenvalue weighted by molar-refractivity contribution is 0.00179. The van der Waals surface area contributed by atoms with E-state index in [4.69, 9.17) is 4.74 Å². The predicted molar refractivity (Wildman–Crippen MR) is 82.8 cm³/mol. The predicted octanol–water partition coefficient (Wildman–Crippen LogP) is 3.27. The standard InChI is InChI=1S/C16H32N2O2/c1-7-18(15(19)20-16(4,5)6)14(12(2)3)13-9-8-10-17-11-13/h12-14,17H,7-11H2,1-6H3. The zero-order valence-corrected chi connectivity index (χ0v) is 14.0. The van der Waals surface area contributed by atoms with Gasteiger partial charge in [-0.15, -0.1) is 0 Å². The van der Waals surface area contributed by atoms with Crippen molar-refractivity contribution >= 4 is 6.09 Å². The molecule has 1 aliphatic heterocycles. The molecule has 1 heterocycles. The third kappa shape index (κ3) is 4.97. The van der Waals surface area contributed by atoms with E-state index in [0.29, 0.717) is 18.4 Å². The van der Waals surface area contributed by atoms with Crippen molar-refractivity contribution in [2.24, 2.45) is 11.8 Å². The first kappa shape index (κ1) is 17.3. The molecule has 118 valence electrons. The van der Waals surface area contributed by atoms with E-state index in [1.54, 1.807) is 0 Å². The molecule has 1 aliphatic rings.